The van der Waals surface area contributed by atoms with Crippen LogP contribution < -0.4 is 5.14 Å². The molecule has 0 saturated carbocycles. The third-order valence-electron chi connectivity index (χ3n) is 2.96. The number of aromatic nitrogens is 3. The molecule has 1 heterocycles. The van der Waals surface area contributed by atoms with Crippen LogP contribution in [0.25, 0.3) is 17.1 Å². The Bertz CT molecular complexity index is 704. The summed E-state index contributed by atoms with van der Waals surface area (Å²) in [6, 6.07) is 18.0. The third-order valence-corrected chi connectivity index (χ3v) is 3.51. The molecule has 0 unspecified atom stereocenters. The summed E-state index contributed by atoms with van der Waals surface area (Å²) in [7, 11) is 0. The van der Waals surface area contributed by atoms with Gasteiger partial charge < -0.3 is 0 Å². The highest BCUT2D eigenvalue weighted by Gasteiger charge is 2.11. The molecule has 20 heavy (non-hydrogen) atoms. The summed E-state index contributed by atoms with van der Waals surface area (Å²) < 4.78 is 1.86. The van der Waals surface area contributed by atoms with Crippen molar-refractivity contribution in [2.24, 2.45) is 5.14 Å². The van der Waals surface area contributed by atoms with Gasteiger partial charge in [-0.05, 0) is 43.1 Å². The molecule has 2 N–H and O–H groups in total. The number of hydrogen-bond acceptors (Lipinski definition) is 4. The van der Waals surface area contributed by atoms with Crippen LogP contribution in [0, 0.1) is 6.92 Å². The first-order chi connectivity index (χ1) is 9.78. The van der Waals surface area contributed by atoms with Gasteiger partial charge in [0, 0.05) is 10.5 Å². The molecule has 0 aliphatic carbocycles. The van der Waals surface area contributed by atoms with Gasteiger partial charge in [-0.2, -0.15) is 5.10 Å². The van der Waals surface area contributed by atoms with Crippen molar-refractivity contribution in [3.8, 4) is 17.1 Å². The van der Waals surface area contributed by atoms with Gasteiger partial charge in [0.1, 0.15) is 5.82 Å². The smallest absolute Gasteiger partial charge is 0.163 e. The molecular weight excluding hydrogens is 268 g/mol. The molecule has 0 bridgehead atoms. The van der Waals surface area contributed by atoms with Crippen molar-refractivity contribution in [2.45, 2.75) is 11.8 Å². The minimum atomic E-state index is 0.751. The van der Waals surface area contributed by atoms with Gasteiger partial charge in [-0.15, -0.1) is 0 Å². The van der Waals surface area contributed by atoms with Crippen molar-refractivity contribution in [1.29, 1.82) is 0 Å². The van der Waals surface area contributed by atoms with Gasteiger partial charge in [-0.3, -0.25) is 5.14 Å². The van der Waals surface area contributed by atoms with Crippen LogP contribution in [-0.2, 0) is 0 Å². The number of benzene rings is 2. The van der Waals surface area contributed by atoms with E-state index in [1.54, 1.807) is 0 Å². The molecule has 1 aromatic heterocycles. The Morgan fingerprint density at radius 2 is 1.70 bits per heavy atom. The summed E-state index contributed by atoms with van der Waals surface area (Å²) >= 11 is 1.23. The number of hydrogen-bond donors (Lipinski definition) is 1. The maximum absolute atomic E-state index is 5.55. The first kappa shape index (κ1) is 12.9. The van der Waals surface area contributed by atoms with Gasteiger partial charge in [0.15, 0.2) is 5.82 Å². The van der Waals surface area contributed by atoms with E-state index in [1.807, 2.05) is 66.2 Å². The zero-order valence-electron chi connectivity index (χ0n) is 11.0. The molecule has 2 aromatic carbocycles. The molecule has 0 aliphatic rings. The predicted octanol–water partition coefficient (Wildman–Crippen LogP) is 3.21. The molecular formula is C15H14N4S. The first-order valence-corrected chi connectivity index (χ1v) is 7.12. The topological polar surface area (TPSA) is 56.7 Å². The SMILES string of the molecule is Cc1nc(-c2ccccc2)n(-c2ccc(SN)cc2)n1. The Morgan fingerprint density at radius 3 is 2.35 bits per heavy atom. The fourth-order valence-electron chi connectivity index (χ4n) is 2.04. The van der Waals surface area contributed by atoms with Crippen LogP contribution in [-0.4, -0.2) is 14.8 Å². The minimum Gasteiger partial charge on any atom is -0.274 e. The summed E-state index contributed by atoms with van der Waals surface area (Å²) in [6.07, 6.45) is 0. The Balaban J connectivity index is 2.09. The van der Waals surface area contributed by atoms with Crippen molar-refractivity contribution >= 4 is 11.9 Å². The second-order valence-electron chi connectivity index (χ2n) is 4.37. The highest BCUT2D eigenvalue weighted by molar-refractivity contribution is 7.97. The molecule has 0 atom stereocenters. The average Bonchev–Trinajstić information content (AvgIpc) is 2.90. The van der Waals surface area contributed by atoms with Crippen molar-refractivity contribution in [3.63, 3.8) is 0 Å². The fraction of sp³-hybridized carbons (Fsp3) is 0.0667. The lowest BCUT2D eigenvalue weighted by molar-refractivity contribution is 0.868. The molecule has 0 aliphatic heterocycles. The second-order valence-corrected chi connectivity index (χ2v) is 5.08. The van der Waals surface area contributed by atoms with Crippen LogP contribution in [0.15, 0.2) is 59.5 Å². The van der Waals surface area contributed by atoms with E-state index in [4.69, 9.17) is 5.14 Å². The van der Waals surface area contributed by atoms with E-state index < -0.39 is 0 Å². The van der Waals surface area contributed by atoms with Gasteiger partial charge in [0.05, 0.1) is 5.69 Å². The minimum absolute atomic E-state index is 0.751. The third kappa shape index (κ3) is 2.45. The van der Waals surface area contributed by atoms with Crippen molar-refractivity contribution < 1.29 is 0 Å². The van der Waals surface area contributed by atoms with Crippen molar-refractivity contribution in [2.75, 3.05) is 0 Å². The summed E-state index contributed by atoms with van der Waals surface area (Å²) in [6.45, 7) is 1.90. The quantitative estimate of drug-likeness (QED) is 0.749. The van der Waals surface area contributed by atoms with Crippen LogP contribution in [0.1, 0.15) is 5.82 Å². The first-order valence-electron chi connectivity index (χ1n) is 6.24. The average molecular weight is 282 g/mol. The standard InChI is InChI=1S/C15H14N4S/c1-11-17-15(12-5-3-2-4-6-12)19(18-11)13-7-9-14(20-16)10-8-13/h2-10H,16H2,1H3. The summed E-state index contributed by atoms with van der Waals surface area (Å²) in [5.74, 6) is 1.59. The number of nitrogens with zero attached hydrogens (tertiary/aromatic N) is 3. The molecule has 3 aromatic rings. The summed E-state index contributed by atoms with van der Waals surface area (Å²) in [5.41, 5.74) is 2.02. The van der Waals surface area contributed by atoms with Gasteiger partial charge >= 0.3 is 0 Å². The van der Waals surface area contributed by atoms with E-state index in [0.29, 0.717) is 0 Å². The van der Waals surface area contributed by atoms with E-state index in [-0.39, 0.29) is 0 Å². The molecule has 100 valence electrons. The van der Waals surface area contributed by atoms with Crippen LogP contribution in [0.4, 0.5) is 0 Å². The van der Waals surface area contributed by atoms with Crippen LogP contribution >= 0.6 is 11.9 Å². The molecule has 0 fully saturated rings. The number of rotatable bonds is 3. The highest BCUT2D eigenvalue weighted by Crippen LogP contribution is 2.22. The second kappa shape index (κ2) is 5.48. The lowest BCUT2D eigenvalue weighted by Crippen LogP contribution is -1.99. The maximum Gasteiger partial charge on any atom is 0.163 e. The molecule has 3 rings (SSSR count). The van der Waals surface area contributed by atoms with Gasteiger partial charge in [0.2, 0.25) is 0 Å². The Hall–Kier alpha value is -2.11. The summed E-state index contributed by atoms with van der Waals surface area (Å²) in [4.78, 5) is 5.54. The van der Waals surface area contributed by atoms with Crippen molar-refractivity contribution in [1.82, 2.24) is 14.8 Å². The van der Waals surface area contributed by atoms with Gasteiger partial charge in [-0.25, -0.2) is 9.67 Å². The molecule has 0 radical (unpaired) electrons. The largest absolute Gasteiger partial charge is 0.274 e. The lowest BCUT2D eigenvalue weighted by Gasteiger charge is -2.06. The molecule has 5 heteroatoms. The number of nitrogens with two attached hydrogens (primary N) is 1. The van der Waals surface area contributed by atoms with E-state index in [9.17, 15) is 0 Å². The number of aryl methyl sites for hydroxylation is 1. The molecule has 4 nitrogen and oxygen atoms in total. The monoisotopic (exact) mass is 282 g/mol. The van der Waals surface area contributed by atoms with Crippen molar-refractivity contribution in [3.05, 3.63) is 60.4 Å². The Kier molecular flexibility index (Phi) is 3.54. The normalized spacial score (nSPS) is 10.7. The maximum atomic E-state index is 5.55. The van der Waals surface area contributed by atoms with E-state index in [1.165, 1.54) is 11.9 Å². The van der Waals surface area contributed by atoms with E-state index in [2.05, 4.69) is 10.1 Å². The molecule has 0 amide bonds. The van der Waals surface area contributed by atoms with Crippen LogP contribution in [0.5, 0.6) is 0 Å². The molecule has 0 spiro atoms. The zero-order chi connectivity index (χ0) is 13.9. The lowest BCUT2D eigenvalue weighted by atomic mass is 10.2. The van der Waals surface area contributed by atoms with Crippen LogP contribution in [0.2, 0.25) is 0 Å². The Labute approximate surface area is 121 Å². The van der Waals surface area contributed by atoms with Gasteiger partial charge in [-0.1, -0.05) is 30.3 Å². The van der Waals surface area contributed by atoms with E-state index in [0.717, 1.165) is 27.8 Å². The highest BCUT2D eigenvalue weighted by atomic mass is 32.2. The van der Waals surface area contributed by atoms with Gasteiger partial charge in [0.25, 0.3) is 0 Å². The summed E-state index contributed by atoms with van der Waals surface area (Å²) in [5, 5.41) is 10.0. The van der Waals surface area contributed by atoms with E-state index >= 15 is 0 Å². The molecule has 0 saturated heterocycles. The zero-order valence-corrected chi connectivity index (χ0v) is 11.8. The Morgan fingerprint density at radius 1 is 1.00 bits per heavy atom. The predicted molar refractivity (Wildman–Crippen MR) is 81.6 cm³/mol. The van der Waals surface area contributed by atoms with Crippen LogP contribution in [0.3, 0.4) is 0 Å². The fourth-order valence-corrected chi connectivity index (χ4v) is 2.33.